The Morgan fingerprint density at radius 3 is 3.11 bits per heavy atom. The first-order valence-corrected chi connectivity index (χ1v) is 6.14. The summed E-state index contributed by atoms with van der Waals surface area (Å²) in [6.45, 7) is 2.82. The van der Waals surface area contributed by atoms with Crippen LogP contribution in [0.5, 0.6) is 0 Å². The highest BCUT2D eigenvalue weighted by Crippen LogP contribution is 2.24. The maximum Gasteiger partial charge on any atom is 0.253 e. The van der Waals surface area contributed by atoms with E-state index in [1.54, 1.807) is 11.9 Å². The van der Waals surface area contributed by atoms with E-state index in [1.807, 2.05) is 25.1 Å². The maximum absolute atomic E-state index is 12.2. The number of nitrogens with one attached hydrogen (secondary N) is 1. The SMILES string of the molecule is CC(CC#N)N(C)C(=O)c1ccc2c(c1)NCC2. The molecule has 1 aliphatic heterocycles. The van der Waals surface area contributed by atoms with Crippen LogP contribution in [0, 0.1) is 11.3 Å². The number of rotatable bonds is 3. The lowest BCUT2D eigenvalue weighted by Crippen LogP contribution is -2.34. The first-order chi connectivity index (χ1) is 8.63. The molecule has 2 rings (SSSR count). The molecule has 1 aromatic rings. The van der Waals surface area contributed by atoms with Crippen molar-refractivity contribution in [2.75, 3.05) is 18.9 Å². The Balaban J connectivity index is 2.16. The Bertz CT molecular complexity index is 504. The van der Waals surface area contributed by atoms with Crippen molar-refractivity contribution in [1.82, 2.24) is 4.90 Å². The Morgan fingerprint density at radius 1 is 1.61 bits per heavy atom. The summed E-state index contributed by atoms with van der Waals surface area (Å²) in [5.41, 5.74) is 3.00. The molecular formula is C14H17N3O. The van der Waals surface area contributed by atoms with E-state index >= 15 is 0 Å². The number of amides is 1. The van der Waals surface area contributed by atoms with Crippen LogP contribution in [0.15, 0.2) is 18.2 Å². The fourth-order valence-corrected chi connectivity index (χ4v) is 2.10. The Morgan fingerprint density at radius 2 is 2.39 bits per heavy atom. The van der Waals surface area contributed by atoms with Gasteiger partial charge >= 0.3 is 0 Å². The zero-order chi connectivity index (χ0) is 13.1. The molecule has 0 aromatic heterocycles. The van der Waals surface area contributed by atoms with Gasteiger partial charge in [-0.25, -0.2) is 0 Å². The number of carbonyl (C=O) groups excluding carboxylic acids is 1. The van der Waals surface area contributed by atoms with Gasteiger partial charge in [-0.15, -0.1) is 0 Å². The molecular weight excluding hydrogens is 226 g/mol. The Hall–Kier alpha value is -2.02. The fourth-order valence-electron chi connectivity index (χ4n) is 2.10. The van der Waals surface area contributed by atoms with Crippen LogP contribution in [0.3, 0.4) is 0 Å². The molecule has 1 unspecified atom stereocenters. The zero-order valence-electron chi connectivity index (χ0n) is 10.7. The number of carbonyl (C=O) groups is 1. The topological polar surface area (TPSA) is 56.1 Å². The summed E-state index contributed by atoms with van der Waals surface area (Å²) in [4.78, 5) is 13.9. The molecule has 0 saturated heterocycles. The number of hydrogen-bond acceptors (Lipinski definition) is 3. The lowest BCUT2D eigenvalue weighted by atomic mass is 10.1. The van der Waals surface area contributed by atoms with Crippen LogP contribution in [0.25, 0.3) is 0 Å². The molecule has 1 aliphatic rings. The predicted octanol–water partition coefficient (Wildman–Crippen LogP) is 2.03. The van der Waals surface area contributed by atoms with Crippen molar-refractivity contribution in [3.8, 4) is 6.07 Å². The average molecular weight is 243 g/mol. The van der Waals surface area contributed by atoms with Gasteiger partial charge < -0.3 is 10.2 Å². The Kier molecular flexibility index (Phi) is 3.52. The van der Waals surface area contributed by atoms with E-state index in [9.17, 15) is 4.79 Å². The van der Waals surface area contributed by atoms with Gasteiger partial charge in [0.05, 0.1) is 12.5 Å². The van der Waals surface area contributed by atoms with Crippen LogP contribution in [0.4, 0.5) is 5.69 Å². The van der Waals surface area contributed by atoms with Gasteiger partial charge in [0.25, 0.3) is 5.91 Å². The minimum Gasteiger partial charge on any atom is -0.384 e. The normalized spacial score (nSPS) is 14.3. The molecule has 1 heterocycles. The minimum absolute atomic E-state index is 0.0331. The molecule has 1 atom stereocenters. The summed E-state index contributed by atoms with van der Waals surface area (Å²) in [6.07, 6.45) is 1.37. The number of hydrogen-bond donors (Lipinski definition) is 1. The molecule has 0 radical (unpaired) electrons. The minimum atomic E-state index is -0.0660. The molecule has 0 bridgehead atoms. The molecule has 4 nitrogen and oxygen atoms in total. The number of fused-ring (bicyclic) bond motifs is 1. The van der Waals surface area contributed by atoms with E-state index in [-0.39, 0.29) is 11.9 Å². The summed E-state index contributed by atoms with van der Waals surface area (Å²) >= 11 is 0. The molecule has 0 aliphatic carbocycles. The van der Waals surface area contributed by atoms with Gasteiger partial charge in [0.2, 0.25) is 0 Å². The predicted molar refractivity (Wildman–Crippen MR) is 70.4 cm³/mol. The summed E-state index contributed by atoms with van der Waals surface area (Å²) in [7, 11) is 1.74. The van der Waals surface area contributed by atoms with Crippen molar-refractivity contribution in [3.63, 3.8) is 0 Å². The number of anilines is 1. The van der Waals surface area contributed by atoms with E-state index in [1.165, 1.54) is 5.56 Å². The van der Waals surface area contributed by atoms with Gasteiger partial charge in [-0.05, 0) is 31.0 Å². The maximum atomic E-state index is 12.2. The first kappa shape index (κ1) is 12.4. The van der Waals surface area contributed by atoms with Gasteiger partial charge in [-0.3, -0.25) is 4.79 Å². The third-order valence-electron chi connectivity index (χ3n) is 3.43. The molecule has 1 N–H and O–H groups in total. The zero-order valence-corrected chi connectivity index (χ0v) is 10.7. The highest BCUT2D eigenvalue weighted by Gasteiger charge is 2.19. The third-order valence-corrected chi connectivity index (χ3v) is 3.43. The van der Waals surface area contributed by atoms with E-state index in [2.05, 4.69) is 11.4 Å². The molecule has 0 saturated carbocycles. The summed E-state index contributed by atoms with van der Waals surface area (Å²) in [6, 6.07) is 7.80. The van der Waals surface area contributed by atoms with Gasteiger partial charge in [-0.1, -0.05) is 6.07 Å². The van der Waals surface area contributed by atoms with Gasteiger partial charge in [-0.2, -0.15) is 5.26 Å². The summed E-state index contributed by atoms with van der Waals surface area (Å²) in [5.74, 6) is -0.0331. The monoisotopic (exact) mass is 243 g/mol. The third kappa shape index (κ3) is 2.30. The second kappa shape index (κ2) is 5.09. The molecule has 94 valence electrons. The molecule has 1 amide bonds. The highest BCUT2D eigenvalue weighted by molar-refractivity contribution is 5.95. The van der Waals surface area contributed by atoms with Crippen molar-refractivity contribution in [3.05, 3.63) is 29.3 Å². The quantitative estimate of drug-likeness (QED) is 0.883. The van der Waals surface area contributed by atoms with Crippen LogP contribution in [-0.4, -0.2) is 30.4 Å². The van der Waals surface area contributed by atoms with E-state index in [0.717, 1.165) is 18.7 Å². The largest absolute Gasteiger partial charge is 0.384 e. The van der Waals surface area contributed by atoms with E-state index in [0.29, 0.717) is 12.0 Å². The number of nitriles is 1. The van der Waals surface area contributed by atoms with Crippen LogP contribution in [0.1, 0.15) is 29.3 Å². The fraction of sp³-hybridized carbons (Fsp3) is 0.429. The summed E-state index contributed by atoms with van der Waals surface area (Å²) < 4.78 is 0. The van der Waals surface area contributed by atoms with Crippen LogP contribution < -0.4 is 5.32 Å². The van der Waals surface area contributed by atoms with E-state index < -0.39 is 0 Å². The standard InChI is InChI=1S/C14H17N3O/c1-10(5-7-15)17(2)14(18)12-4-3-11-6-8-16-13(11)9-12/h3-4,9-10,16H,5-6,8H2,1-2H3. The second-order valence-electron chi connectivity index (χ2n) is 4.68. The summed E-state index contributed by atoms with van der Waals surface area (Å²) in [5, 5.41) is 11.9. The average Bonchev–Trinajstić information content (AvgIpc) is 2.84. The smallest absolute Gasteiger partial charge is 0.253 e. The van der Waals surface area contributed by atoms with Crippen molar-refractivity contribution < 1.29 is 4.79 Å². The van der Waals surface area contributed by atoms with Crippen LogP contribution >= 0.6 is 0 Å². The second-order valence-corrected chi connectivity index (χ2v) is 4.68. The molecule has 0 spiro atoms. The number of benzene rings is 1. The molecule has 1 aromatic carbocycles. The van der Waals surface area contributed by atoms with Gasteiger partial charge in [0.1, 0.15) is 0 Å². The highest BCUT2D eigenvalue weighted by atomic mass is 16.2. The van der Waals surface area contributed by atoms with Crippen LogP contribution in [-0.2, 0) is 6.42 Å². The van der Waals surface area contributed by atoms with Crippen molar-refractivity contribution in [2.24, 2.45) is 0 Å². The van der Waals surface area contributed by atoms with Crippen LogP contribution in [0.2, 0.25) is 0 Å². The lowest BCUT2D eigenvalue weighted by Gasteiger charge is -2.23. The van der Waals surface area contributed by atoms with E-state index in [4.69, 9.17) is 5.26 Å². The molecule has 18 heavy (non-hydrogen) atoms. The number of nitrogens with zero attached hydrogens (tertiary/aromatic N) is 2. The van der Waals surface area contributed by atoms with Crippen molar-refractivity contribution >= 4 is 11.6 Å². The Labute approximate surface area is 107 Å². The van der Waals surface area contributed by atoms with Crippen molar-refractivity contribution in [1.29, 1.82) is 5.26 Å². The first-order valence-electron chi connectivity index (χ1n) is 6.14. The molecule has 0 fully saturated rings. The molecule has 4 heteroatoms. The lowest BCUT2D eigenvalue weighted by molar-refractivity contribution is 0.0746. The van der Waals surface area contributed by atoms with Crippen molar-refractivity contribution in [2.45, 2.75) is 25.8 Å². The van der Waals surface area contributed by atoms with Gasteiger partial charge in [0.15, 0.2) is 0 Å². The van der Waals surface area contributed by atoms with Gasteiger partial charge in [0, 0.05) is 30.9 Å².